The molecule has 3 N–H and O–H groups in total. The standard InChI is InChI=1S/C17H24N2O5/c1-4-11(2)14(16(21)22)19-15(20)12(3)18-17(23)24-10-13-8-6-5-7-9-13/h5-9,11-12,14H,4,10H2,1-3H3,(H,18,23)(H,19,20)(H,21,22)/t11-,12-,14+/m1/s1. The zero-order chi connectivity index (χ0) is 18.1. The van der Waals surface area contributed by atoms with Crippen molar-refractivity contribution in [2.45, 2.75) is 45.9 Å². The molecule has 24 heavy (non-hydrogen) atoms. The van der Waals surface area contributed by atoms with Crippen LogP contribution in [0, 0.1) is 5.92 Å². The predicted octanol–water partition coefficient (Wildman–Crippen LogP) is 1.92. The van der Waals surface area contributed by atoms with Gasteiger partial charge in [-0.2, -0.15) is 0 Å². The van der Waals surface area contributed by atoms with Crippen molar-refractivity contribution in [3.8, 4) is 0 Å². The molecule has 0 fully saturated rings. The smallest absolute Gasteiger partial charge is 0.408 e. The van der Waals surface area contributed by atoms with Gasteiger partial charge in [0.1, 0.15) is 18.7 Å². The van der Waals surface area contributed by atoms with Crippen molar-refractivity contribution >= 4 is 18.0 Å². The van der Waals surface area contributed by atoms with Crippen LogP contribution in [0.3, 0.4) is 0 Å². The highest BCUT2D eigenvalue weighted by atomic mass is 16.5. The predicted molar refractivity (Wildman–Crippen MR) is 88.2 cm³/mol. The van der Waals surface area contributed by atoms with Crippen molar-refractivity contribution in [1.29, 1.82) is 0 Å². The van der Waals surface area contributed by atoms with E-state index in [-0.39, 0.29) is 12.5 Å². The molecule has 7 nitrogen and oxygen atoms in total. The van der Waals surface area contributed by atoms with Crippen molar-refractivity contribution in [2.24, 2.45) is 5.92 Å². The second-order valence-corrected chi connectivity index (χ2v) is 5.64. The molecule has 0 bridgehead atoms. The first-order valence-corrected chi connectivity index (χ1v) is 7.85. The Kier molecular flexibility index (Phi) is 7.74. The minimum absolute atomic E-state index is 0.0889. The van der Waals surface area contributed by atoms with Crippen LogP contribution in [0.15, 0.2) is 30.3 Å². The number of aliphatic carboxylic acids is 1. The Morgan fingerprint density at radius 3 is 2.29 bits per heavy atom. The van der Waals surface area contributed by atoms with E-state index in [1.54, 1.807) is 6.92 Å². The lowest BCUT2D eigenvalue weighted by Crippen LogP contribution is -2.52. The maximum atomic E-state index is 12.0. The monoisotopic (exact) mass is 336 g/mol. The second-order valence-electron chi connectivity index (χ2n) is 5.64. The molecule has 7 heteroatoms. The van der Waals surface area contributed by atoms with Gasteiger partial charge in [0.25, 0.3) is 0 Å². The summed E-state index contributed by atoms with van der Waals surface area (Å²) < 4.78 is 5.02. The van der Waals surface area contributed by atoms with Crippen molar-refractivity contribution in [3.05, 3.63) is 35.9 Å². The van der Waals surface area contributed by atoms with Crippen LogP contribution in [0.4, 0.5) is 4.79 Å². The van der Waals surface area contributed by atoms with Crippen LogP contribution in [-0.2, 0) is 20.9 Å². The molecule has 0 saturated carbocycles. The largest absolute Gasteiger partial charge is 0.480 e. The third-order valence-electron chi connectivity index (χ3n) is 3.72. The van der Waals surface area contributed by atoms with Crippen molar-refractivity contribution in [2.75, 3.05) is 0 Å². The maximum absolute atomic E-state index is 12.0. The van der Waals surface area contributed by atoms with Crippen LogP contribution in [-0.4, -0.2) is 35.2 Å². The Balaban J connectivity index is 2.47. The summed E-state index contributed by atoms with van der Waals surface area (Å²) in [6, 6.07) is 7.24. The molecule has 132 valence electrons. The van der Waals surface area contributed by atoms with Crippen LogP contribution in [0.5, 0.6) is 0 Å². The second kappa shape index (κ2) is 9.54. The summed E-state index contributed by atoms with van der Waals surface area (Å²) in [5.74, 6) is -1.89. The number of rotatable bonds is 8. The van der Waals surface area contributed by atoms with E-state index in [0.717, 1.165) is 5.56 Å². The number of nitrogens with one attached hydrogen (secondary N) is 2. The fraction of sp³-hybridized carbons (Fsp3) is 0.471. The van der Waals surface area contributed by atoms with Gasteiger partial charge in [-0.1, -0.05) is 50.6 Å². The van der Waals surface area contributed by atoms with Crippen molar-refractivity contribution in [3.63, 3.8) is 0 Å². The number of alkyl carbamates (subject to hydrolysis) is 1. The van der Waals surface area contributed by atoms with Crippen LogP contribution in [0.2, 0.25) is 0 Å². The van der Waals surface area contributed by atoms with Gasteiger partial charge >= 0.3 is 12.1 Å². The number of hydrogen-bond acceptors (Lipinski definition) is 4. The average molecular weight is 336 g/mol. The molecule has 1 aromatic rings. The number of carbonyl (C=O) groups is 3. The molecular weight excluding hydrogens is 312 g/mol. The molecule has 3 atom stereocenters. The number of carboxylic acids is 1. The topological polar surface area (TPSA) is 105 Å². The molecule has 0 aliphatic carbocycles. The van der Waals surface area contributed by atoms with E-state index in [4.69, 9.17) is 4.74 Å². The summed E-state index contributed by atoms with van der Waals surface area (Å²) in [6.45, 7) is 5.14. The first-order chi connectivity index (χ1) is 11.3. The van der Waals surface area contributed by atoms with Crippen LogP contribution >= 0.6 is 0 Å². The zero-order valence-electron chi connectivity index (χ0n) is 14.1. The van der Waals surface area contributed by atoms with Crippen molar-refractivity contribution < 1.29 is 24.2 Å². The minimum atomic E-state index is -1.10. The fourth-order valence-electron chi connectivity index (χ4n) is 1.97. The first-order valence-electron chi connectivity index (χ1n) is 7.85. The number of benzene rings is 1. The molecule has 1 rings (SSSR count). The minimum Gasteiger partial charge on any atom is -0.480 e. The van der Waals surface area contributed by atoms with Gasteiger partial charge in [0.05, 0.1) is 0 Å². The Morgan fingerprint density at radius 1 is 1.12 bits per heavy atom. The normalized spacial score (nSPS) is 14.1. The zero-order valence-corrected chi connectivity index (χ0v) is 14.1. The molecule has 0 spiro atoms. The molecule has 0 aliphatic heterocycles. The van der Waals surface area contributed by atoms with Gasteiger partial charge in [-0.05, 0) is 18.4 Å². The highest BCUT2D eigenvalue weighted by Crippen LogP contribution is 2.08. The van der Waals surface area contributed by atoms with Gasteiger partial charge in [-0.25, -0.2) is 9.59 Å². The summed E-state index contributed by atoms with van der Waals surface area (Å²) in [5, 5.41) is 14.0. The summed E-state index contributed by atoms with van der Waals surface area (Å²) in [4.78, 5) is 35.0. The summed E-state index contributed by atoms with van der Waals surface area (Å²) in [5.41, 5.74) is 0.826. The highest BCUT2D eigenvalue weighted by Gasteiger charge is 2.27. The van der Waals surface area contributed by atoms with Gasteiger partial charge < -0.3 is 20.5 Å². The first kappa shape index (κ1) is 19.5. The number of amides is 2. The van der Waals surface area contributed by atoms with E-state index in [2.05, 4.69) is 10.6 Å². The summed E-state index contributed by atoms with van der Waals surface area (Å²) in [7, 11) is 0. The van der Waals surface area contributed by atoms with Gasteiger partial charge in [0, 0.05) is 0 Å². The lowest BCUT2D eigenvalue weighted by Gasteiger charge is -2.22. The molecule has 0 heterocycles. The highest BCUT2D eigenvalue weighted by molar-refractivity contribution is 5.89. The quantitative estimate of drug-likeness (QED) is 0.673. The van der Waals surface area contributed by atoms with Crippen LogP contribution < -0.4 is 10.6 Å². The van der Waals surface area contributed by atoms with Crippen molar-refractivity contribution in [1.82, 2.24) is 10.6 Å². The Bertz CT molecular complexity index is 561. The van der Waals surface area contributed by atoms with E-state index in [1.165, 1.54) is 6.92 Å². The number of carboxylic acid groups (broad SMARTS) is 1. The van der Waals surface area contributed by atoms with Gasteiger partial charge in [-0.15, -0.1) is 0 Å². The van der Waals surface area contributed by atoms with E-state index >= 15 is 0 Å². The third-order valence-corrected chi connectivity index (χ3v) is 3.72. The summed E-state index contributed by atoms with van der Waals surface area (Å²) >= 11 is 0. The Morgan fingerprint density at radius 2 is 1.75 bits per heavy atom. The van der Waals surface area contributed by atoms with E-state index in [0.29, 0.717) is 6.42 Å². The van der Waals surface area contributed by atoms with Gasteiger partial charge in [0.2, 0.25) is 5.91 Å². The number of ether oxygens (including phenoxy) is 1. The third kappa shape index (κ3) is 6.28. The molecule has 0 aliphatic rings. The Labute approximate surface area is 141 Å². The molecule has 0 unspecified atom stereocenters. The van der Waals surface area contributed by atoms with Gasteiger partial charge in [-0.3, -0.25) is 4.79 Å². The molecule has 0 aromatic heterocycles. The maximum Gasteiger partial charge on any atom is 0.408 e. The lowest BCUT2D eigenvalue weighted by atomic mass is 9.99. The van der Waals surface area contributed by atoms with Gasteiger partial charge in [0.15, 0.2) is 0 Å². The lowest BCUT2D eigenvalue weighted by molar-refractivity contribution is -0.143. The van der Waals surface area contributed by atoms with E-state index < -0.39 is 30.1 Å². The van der Waals surface area contributed by atoms with Crippen LogP contribution in [0.1, 0.15) is 32.8 Å². The number of carbonyl (C=O) groups excluding carboxylic acids is 2. The average Bonchev–Trinajstić information content (AvgIpc) is 2.57. The molecular formula is C17H24N2O5. The van der Waals surface area contributed by atoms with E-state index in [9.17, 15) is 19.5 Å². The fourth-order valence-corrected chi connectivity index (χ4v) is 1.97. The molecule has 0 radical (unpaired) electrons. The molecule has 1 aromatic carbocycles. The summed E-state index contributed by atoms with van der Waals surface area (Å²) in [6.07, 6.45) is -0.130. The van der Waals surface area contributed by atoms with E-state index in [1.807, 2.05) is 37.3 Å². The SMILES string of the molecule is CC[C@@H](C)[C@H](NC(=O)[C@@H](C)NC(=O)OCc1ccccc1)C(=O)O. The molecule has 2 amide bonds. The number of hydrogen-bond donors (Lipinski definition) is 3. The Hall–Kier alpha value is -2.57. The molecule has 0 saturated heterocycles. The van der Waals surface area contributed by atoms with Crippen LogP contribution in [0.25, 0.3) is 0 Å².